The summed E-state index contributed by atoms with van der Waals surface area (Å²) in [6.45, 7) is 0.951. The molecule has 0 fully saturated rings. The molecule has 0 spiro atoms. The van der Waals surface area contributed by atoms with E-state index in [1.54, 1.807) is 31.2 Å². The number of esters is 1. The maximum atomic E-state index is 13.2. The van der Waals surface area contributed by atoms with E-state index in [1.807, 2.05) is 6.07 Å². The molecule has 1 N–H and O–H groups in total. The fourth-order valence-corrected chi connectivity index (χ4v) is 2.34. The first-order valence-electron chi connectivity index (χ1n) is 8.38. The van der Waals surface area contributed by atoms with Gasteiger partial charge in [-0.1, -0.05) is 30.3 Å². The van der Waals surface area contributed by atoms with Gasteiger partial charge >= 0.3 is 5.97 Å². The molecule has 0 saturated heterocycles. The molecule has 0 bridgehead atoms. The summed E-state index contributed by atoms with van der Waals surface area (Å²) in [6, 6.07) is 11.8. The number of amides is 1. The van der Waals surface area contributed by atoms with Gasteiger partial charge in [0, 0.05) is 11.8 Å². The standard InChI is InChI=1S/C19H15F2N5O3/c1-12-23-24-25-26(12)17(9-13-5-3-2-4-6-13)19(28)29-11-18(27)22-14-7-8-15(20)16(21)10-14/h2-10H,11H2,1H3,(H,22,27)/b17-9-. The van der Waals surface area contributed by atoms with E-state index in [0.717, 1.165) is 12.1 Å². The number of nitrogens with zero attached hydrogens (tertiary/aromatic N) is 4. The minimum Gasteiger partial charge on any atom is -0.451 e. The van der Waals surface area contributed by atoms with Crippen molar-refractivity contribution in [3.63, 3.8) is 0 Å². The molecule has 0 saturated carbocycles. The zero-order valence-electron chi connectivity index (χ0n) is 15.2. The Morgan fingerprint density at radius 3 is 2.55 bits per heavy atom. The van der Waals surface area contributed by atoms with Crippen molar-refractivity contribution in [2.75, 3.05) is 11.9 Å². The van der Waals surface area contributed by atoms with E-state index < -0.39 is 30.1 Å². The highest BCUT2D eigenvalue weighted by molar-refractivity contribution is 6.15. The van der Waals surface area contributed by atoms with Crippen molar-refractivity contribution in [2.45, 2.75) is 6.92 Å². The number of tetrazole rings is 1. The highest BCUT2D eigenvalue weighted by Crippen LogP contribution is 2.15. The fourth-order valence-electron chi connectivity index (χ4n) is 2.34. The zero-order valence-corrected chi connectivity index (χ0v) is 15.2. The van der Waals surface area contributed by atoms with Gasteiger partial charge in [0.15, 0.2) is 29.8 Å². The maximum Gasteiger partial charge on any atom is 0.357 e. The number of aromatic nitrogens is 4. The Morgan fingerprint density at radius 2 is 1.90 bits per heavy atom. The fraction of sp³-hybridized carbons (Fsp3) is 0.105. The van der Waals surface area contributed by atoms with E-state index >= 15 is 0 Å². The first-order valence-corrected chi connectivity index (χ1v) is 8.38. The average molecular weight is 399 g/mol. The van der Waals surface area contributed by atoms with E-state index in [9.17, 15) is 18.4 Å². The molecule has 0 atom stereocenters. The van der Waals surface area contributed by atoms with Gasteiger partial charge in [0.25, 0.3) is 5.91 Å². The third-order valence-electron chi connectivity index (χ3n) is 3.70. The van der Waals surface area contributed by atoms with Crippen molar-refractivity contribution in [3.05, 3.63) is 71.6 Å². The van der Waals surface area contributed by atoms with Crippen molar-refractivity contribution in [1.29, 1.82) is 0 Å². The summed E-state index contributed by atoms with van der Waals surface area (Å²) in [6.07, 6.45) is 1.51. The molecule has 0 aliphatic heterocycles. The molecule has 10 heteroatoms. The first kappa shape index (κ1) is 19.8. The minimum absolute atomic E-state index is 0.000623. The van der Waals surface area contributed by atoms with Crippen LogP contribution in [-0.2, 0) is 14.3 Å². The maximum absolute atomic E-state index is 13.2. The number of hydrogen-bond acceptors (Lipinski definition) is 6. The Morgan fingerprint density at radius 1 is 1.14 bits per heavy atom. The number of anilines is 1. The summed E-state index contributed by atoms with van der Waals surface area (Å²) < 4.78 is 32.4. The predicted molar refractivity (Wildman–Crippen MR) is 99.1 cm³/mol. The van der Waals surface area contributed by atoms with Gasteiger partial charge in [0.1, 0.15) is 0 Å². The number of rotatable bonds is 6. The van der Waals surface area contributed by atoms with Gasteiger partial charge < -0.3 is 10.1 Å². The lowest BCUT2D eigenvalue weighted by Gasteiger charge is -2.10. The van der Waals surface area contributed by atoms with Gasteiger partial charge in [-0.2, -0.15) is 4.68 Å². The normalized spacial score (nSPS) is 11.2. The topological polar surface area (TPSA) is 99.0 Å². The zero-order chi connectivity index (χ0) is 20.8. The van der Waals surface area contributed by atoms with E-state index in [4.69, 9.17) is 4.74 Å². The van der Waals surface area contributed by atoms with Crippen molar-refractivity contribution in [2.24, 2.45) is 0 Å². The van der Waals surface area contributed by atoms with Crippen LogP contribution in [-0.4, -0.2) is 38.7 Å². The molecule has 0 unspecified atom stereocenters. The van der Waals surface area contributed by atoms with E-state index in [-0.39, 0.29) is 11.4 Å². The predicted octanol–water partition coefficient (Wildman–Crippen LogP) is 2.44. The molecular weight excluding hydrogens is 384 g/mol. The van der Waals surface area contributed by atoms with E-state index in [2.05, 4.69) is 20.8 Å². The van der Waals surface area contributed by atoms with Crippen LogP contribution >= 0.6 is 0 Å². The van der Waals surface area contributed by atoms with Gasteiger partial charge in [-0.05, 0) is 41.1 Å². The van der Waals surface area contributed by atoms with Crippen LogP contribution < -0.4 is 5.32 Å². The van der Waals surface area contributed by atoms with Crippen LogP contribution in [0.5, 0.6) is 0 Å². The average Bonchev–Trinajstić information content (AvgIpc) is 3.13. The highest BCUT2D eigenvalue weighted by atomic mass is 19.2. The molecule has 29 heavy (non-hydrogen) atoms. The Kier molecular flexibility index (Phi) is 6.03. The molecule has 0 aliphatic carbocycles. The molecule has 148 valence electrons. The lowest BCUT2D eigenvalue weighted by atomic mass is 10.2. The van der Waals surface area contributed by atoms with Crippen LogP contribution in [0.15, 0.2) is 48.5 Å². The Labute approximate surface area is 163 Å². The summed E-state index contributed by atoms with van der Waals surface area (Å²) in [5.74, 6) is -3.37. The number of carbonyl (C=O) groups is 2. The minimum atomic E-state index is -1.11. The lowest BCUT2D eigenvalue weighted by molar-refractivity contribution is -0.141. The summed E-state index contributed by atoms with van der Waals surface area (Å²) in [7, 11) is 0. The van der Waals surface area contributed by atoms with Crippen molar-refractivity contribution < 1.29 is 23.1 Å². The summed E-state index contributed by atoms with van der Waals surface area (Å²) in [4.78, 5) is 24.5. The van der Waals surface area contributed by atoms with Crippen LogP contribution in [0.1, 0.15) is 11.4 Å². The molecular formula is C19H15F2N5O3. The Hall–Kier alpha value is -3.95. The number of ether oxygens (including phenoxy) is 1. The number of aryl methyl sites for hydroxylation is 1. The summed E-state index contributed by atoms with van der Waals surface area (Å²) in [5.41, 5.74) is 0.723. The summed E-state index contributed by atoms with van der Waals surface area (Å²) in [5, 5.41) is 13.3. The molecule has 8 nitrogen and oxygen atoms in total. The van der Waals surface area contributed by atoms with Crippen LogP contribution in [0.25, 0.3) is 11.8 Å². The van der Waals surface area contributed by atoms with E-state index in [0.29, 0.717) is 11.4 Å². The van der Waals surface area contributed by atoms with Gasteiger partial charge in [-0.3, -0.25) is 4.79 Å². The van der Waals surface area contributed by atoms with Crippen LogP contribution in [0, 0.1) is 18.6 Å². The molecule has 1 aromatic heterocycles. The molecule has 0 radical (unpaired) electrons. The second kappa shape index (κ2) is 8.83. The quantitative estimate of drug-likeness (QED) is 0.505. The summed E-state index contributed by atoms with van der Waals surface area (Å²) >= 11 is 0. The van der Waals surface area contributed by atoms with Crippen molar-refractivity contribution in [1.82, 2.24) is 20.2 Å². The monoisotopic (exact) mass is 399 g/mol. The van der Waals surface area contributed by atoms with Crippen molar-refractivity contribution in [3.8, 4) is 0 Å². The first-order chi connectivity index (χ1) is 13.9. The molecule has 2 aromatic carbocycles. The van der Waals surface area contributed by atoms with E-state index in [1.165, 1.54) is 16.8 Å². The van der Waals surface area contributed by atoms with Crippen LogP contribution in [0.3, 0.4) is 0 Å². The molecule has 3 rings (SSSR count). The van der Waals surface area contributed by atoms with Crippen molar-refractivity contribution >= 4 is 29.3 Å². The number of benzene rings is 2. The third-order valence-corrected chi connectivity index (χ3v) is 3.70. The molecule has 1 amide bonds. The van der Waals surface area contributed by atoms with Gasteiger partial charge in [-0.25, -0.2) is 13.6 Å². The van der Waals surface area contributed by atoms with Gasteiger partial charge in [0.2, 0.25) is 0 Å². The number of hydrogen-bond donors (Lipinski definition) is 1. The highest BCUT2D eigenvalue weighted by Gasteiger charge is 2.19. The lowest BCUT2D eigenvalue weighted by Crippen LogP contribution is -2.23. The smallest absolute Gasteiger partial charge is 0.357 e. The Balaban J connectivity index is 1.71. The van der Waals surface area contributed by atoms with Gasteiger partial charge in [0.05, 0.1) is 0 Å². The number of nitrogens with one attached hydrogen (secondary N) is 1. The largest absolute Gasteiger partial charge is 0.451 e. The SMILES string of the molecule is Cc1nnnn1/C(=C\c1ccccc1)C(=O)OCC(=O)Nc1ccc(F)c(F)c1. The third kappa shape index (κ3) is 5.06. The molecule has 3 aromatic rings. The number of halogens is 2. The Bertz CT molecular complexity index is 1070. The van der Waals surface area contributed by atoms with Gasteiger partial charge in [-0.15, -0.1) is 5.10 Å². The molecule has 1 heterocycles. The molecule has 0 aliphatic rings. The number of carbonyl (C=O) groups excluding carboxylic acids is 2. The van der Waals surface area contributed by atoms with Crippen LogP contribution in [0.4, 0.5) is 14.5 Å². The second-order valence-corrected chi connectivity index (χ2v) is 5.83. The van der Waals surface area contributed by atoms with Crippen LogP contribution in [0.2, 0.25) is 0 Å². The second-order valence-electron chi connectivity index (χ2n) is 5.83.